The van der Waals surface area contributed by atoms with Crippen LogP contribution >= 0.6 is 0 Å². The summed E-state index contributed by atoms with van der Waals surface area (Å²) in [4.78, 5) is 23.7. The highest BCUT2D eigenvalue weighted by molar-refractivity contribution is 5.86. The van der Waals surface area contributed by atoms with Crippen molar-refractivity contribution < 1.29 is 14.3 Å². The highest BCUT2D eigenvalue weighted by Gasteiger charge is 2.20. The van der Waals surface area contributed by atoms with E-state index in [1.54, 1.807) is 11.8 Å². The molecule has 0 saturated carbocycles. The molecule has 1 rings (SSSR count). The molecule has 1 fully saturated rings. The number of carbonyl (C=O) groups is 2. The van der Waals surface area contributed by atoms with Gasteiger partial charge in [0.15, 0.2) is 0 Å². The molecule has 15 heavy (non-hydrogen) atoms. The Hall–Kier alpha value is -1.52. The van der Waals surface area contributed by atoms with Crippen LogP contribution in [0, 0.1) is 0 Å². The van der Waals surface area contributed by atoms with Gasteiger partial charge in [-0.15, -0.1) is 0 Å². The van der Waals surface area contributed by atoms with Crippen LogP contribution in [0.4, 0.5) is 4.79 Å². The Balaban J connectivity index is 2.09. The summed E-state index contributed by atoms with van der Waals surface area (Å²) in [7, 11) is 0. The van der Waals surface area contributed by atoms with Crippen LogP contribution in [0.3, 0.4) is 0 Å². The molecule has 0 aliphatic carbocycles. The predicted octanol–water partition coefficient (Wildman–Crippen LogP) is 0.536. The van der Waals surface area contributed by atoms with Crippen molar-refractivity contribution in [3.8, 4) is 0 Å². The summed E-state index contributed by atoms with van der Waals surface area (Å²) in [5.41, 5.74) is 0.391. The summed E-state index contributed by atoms with van der Waals surface area (Å²) in [6.07, 6.45) is 0.639. The van der Waals surface area contributed by atoms with Gasteiger partial charge in [-0.25, -0.2) is 14.9 Å². The lowest BCUT2D eigenvalue weighted by Crippen LogP contribution is -2.27. The second-order valence-corrected chi connectivity index (χ2v) is 3.42. The topological polar surface area (TPSA) is 60.7 Å². The van der Waals surface area contributed by atoms with Crippen molar-refractivity contribution >= 4 is 12.0 Å². The van der Waals surface area contributed by atoms with Crippen LogP contribution in [0.5, 0.6) is 0 Å². The molecule has 0 spiro atoms. The number of amides is 2. The molecule has 83 valence electrons. The van der Waals surface area contributed by atoms with E-state index in [2.05, 4.69) is 11.9 Å². The molecule has 0 aromatic heterocycles. The Kier molecular flexibility index (Phi) is 4.15. The first-order valence-electron chi connectivity index (χ1n) is 4.90. The lowest BCUT2D eigenvalue weighted by atomic mass is 10.3. The molecule has 1 heterocycles. The van der Waals surface area contributed by atoms with Gasteiger partial charge in [0.25, 0.3) is 0 Å². The maximum Gasteiger partial charge on any atom is 0.339 e. The van der Waals surface area contributed by atoms with Gasteiger partial charge in [-0.2, -0.15) is 0 Å². The standard InChI is InChI=1S/C10H15N2O3/c1-8(2)9(13)15-7-3-5-12-6-4-11-10(12)14/h1,3-7H2,2H3. The highest BCUT2D eigenvalue weighted by Crippen LogP contribution is 2.00. The predicted molar refractivity (Wildman–Crippen MR) is 54.4 cm³/mol. The molecule has 1 saturated heterocycles. The number of esters is 1. The van der Waals surface area contributed by atoms with Crippen LogP contribution in [-0.2, 0) is 9.53 Å². The van der Waals surface area contributed by atoms with E-state index in [0.717, 1.165) is 0 Å². The van der Waals surface area contributed by atoms with Gasteiger partial charge in [0.1, 0.15) is 0 Å². The van der Waals surface area contributed by atoms with Gasteiger partial charge < -0.3 is 9.64 Å². The van der Waals surface area contributed by atoms with E-state index in [9.17, 15) is 9.59 Å². The molecule has 0 bridgehead atoms. The Morgan fingerprint density at radius 2 is 2.40 bits per heavy atom. The second kappa shape index (κ2) is 5.38. The minimum Gasteiger partial charge on any atom is -0.462 e. The molecule has 0 atom stereocenters. The SMILES string of the molecule is C=C(C)C(=O)OCCCN1CC[N]C1=O. The number of hydrogen-bond donors (Lipinski definition) is 0. The highest BCUT2D eigenvalue weighted by atomic mass is 16.5. The quantitative estimate of drug-likeness (QED) is 0.379. The van der Waals surface area contributed by atoms with Crippen molar-refractivity contribution in [2.24, 2.45) is 0 Å². The fraction of sp³-hybridized carbons (Fsp3) is 0.600. The molecule has 1 radical (unpaired) electrons. The molecule has 0 N–H and O–H groups in total. The van der Waals surface area contributed by atoms with Gasteiger partial charge in [0, 0.05) is 18.7 Å². The summed E-state index contributed by atoms with van der Waals surface area (Å²) >= 11 is 0. The molecule has 1 aliphatic rings. The van der Waals surface area contributed by atoms with Crippen LogP contribution in [0.15, 0.2) is 12.2 Å². The summed E-state index contributed by atoms with van der Waals surface area (Å²) in [5.74, 6) is -0.382. The zero-order valence-corrected chi connectivity index (χ0v) is 8.86. The van der Waals surface area contributed by atoms with E-state index in [0.29, 0.717) is 38.2 Å². The van der Waals surface area contributed by atoms with Crippen molar-refractivity contribution in [3.63, 3.8) is 0 Å². The van der Waals surface area contributed by atoms with Crippen molar-refractivity contribution in [3.05, 3.63) is 12.2 Å². The lowest BCUT2D eigenvalue weighted by molar-refractivity contribution is -0.139. The van der Waals surface area contributed by atoms with E-state index in [-0.39, 0.29) is 12.0 Å². The fourth-order valence-corrected chi connectivity index (χ4v) is 1.21. The number of ether oxygens (including phenoxy) is 1. The summed E-state index contributed by atoms with van der Waals surface area (Å²) < 4.78 is 4.89. The van der Waals surface area contributed by atoms with Gasteiger partial charge in [0.05, 0.1) is 13.2 Å². The molecule has 1 aliphatic heterocycles. The largest absolute Gasteiger partial charge is 0.462 e. The minimum absolute atomic E-state index is 0.166. The summed E-state index contributed by atoms with van der Waals surface area (Å²) in [6.45, 7) is 7.22. The Bertz CT molecular complexity index is 276. The minimum atomic E-state index is -0.382. The molecule has 2 amide bonds. The maximum absolute atomic E-state index is 11.0. The Morgan fingerprint density at radius 3 is 2.93 bits per heavy atom. The van der Waals surface area contributed by atoms with Crippen molar-refractivity contribution in [1.82, 2.24) is 10.2 Å². The third-order valence-corrected chi connectivity index (χ3v) is 2.04. The van der Waals surface area contributed by atoms with Crippen molar-refractivity contribution in [2.45, 2.75) is 13.3 Å². The molecule has 5 heteroatoms. The first-order chi connectivity index (χ1) is 7.11. The molecule has 0 unspecified atom stereocenters. The average molecular weight is 211 g/mol. The number of carbonyl (C=O) groups excluding carboxylic acids is 2. The fourth-order valence-electron chi connectivity index (χ4n) is 1.21. The summed E-state index contributed by atoms with van der Waals surface area (Å²) in [5, 5.41) is 3.72. The summed E-state index contributed by atoms with van der Waals surface area (Å²) in [6, 6.07) is -0.166. The number of nitrogens with zero attached hydrogens (tertiary/aromatic N) is 2. The second-order valence-electron chi connectivity index (χ2n) is 3.42. The van der Waals surface area contributed by atoms with Crippen LogP contribution in [-0.4, -0.2) is 43.1 Å². The average Bonchev–Trinajstić information content (AvgIpc) is 2.58. The normalized spacial score (nSPS) is 15.0. The van der Waals surface area contributed by atoms with E-state index in [4.69, 9.17) is 4.74 Å². The molecular weight excluding hydrogens is 196 g/mol. The van der Waals surface area contributed by atoms with Gasteiger partial charge in [0.2, 0.25) is 0 Å². The van der Waals surface area contributed by atoms with Crippen LogP contribution in [0.2, 0.25) is 0 Å². The van der Waals surface area contributed by atoms with Gasteiger partial charge in [-0.05, 0) is 13.3 Å². The van der Waals surface area contributed by atoms with Crippen LogP contribution < -0.4 is 5.32 Å². The Labute approximate surface area is 89.1 Å². The first-order valence-corrected chi connectivity index (χ1v) is 4.90. The number of urea groups is 1. The number of rotatable bonds is 5. The third-order valence-electron chi connectivity index (χ3n) is 2.04. The smallest absolute Gasteiger partial charge is 0.339 e. The van der Waals surface area contributed by atoms with Gasteiger partial charge in [-0.1, -0.05) is 6.58 Å². The van der Waals surface area contributed by atoms with Crippen LogP contribution in [0.25, 0.3) is 0 Å². The molecule has 0 aromatic carbocycles. The first kappa shape index (κ1) is 11.6. The molecular formula is C10H15N2O3. The maximum atomic E-state index is 11.0. The van der Waals surface area contributed by atoms with Gasteiger partial charge in [-0.3, -0.25) is 0 Å². The zero-order valence-electron chi connectivity index (χ0n) is 8.86. The third kappa shape index (κ3) is 3.61. The lowest BCUT2D eigenvalue weighted by Gasteiger charge is -2.12. The van der Waals surface area contributed by atoms with E-state index in [1.807, 2.05) is 0 Å². The van der Waals surface area contributed by atoms with E-state index >= 15 is 0 Å². The molecule has 5 nitrogen and oxygen atoms in total. The van der Waals surface area contributed by atoms with E-state index in [1.165, 1.54) is 0 Å². The van der Waals surface area contributed by atoms with E-state index < -0.39 is 0 Å². The zero-order chi connectivity index (χ0) is 11.3. The van der Waals surface area contributed by atoms with Crippen LogP contribution in [0.1, 0.15) is 13.3 Å². The number of hydrogen-bond acceptors (Lipinski definition) is 3. The van der Waals surface area contributed by atoms with Crippen molar-refractivity contribution in [2.75, 3.05) is 26.2 Å². The monoisotopic (exact) mass is 211 g/mol. The molecule has 0 aromatic rings. The van der Waals surface area contributed by atoms with Crippen molar-refractivity contribution in [1.29, 1.82) is 0 Å². The van der Waals surface area contributed by atoms with Gasteiger partial charge >= 0.3 is 12.0 Å². The Morgan fingerprint density at radius 1 is 1.67 bits per heavy atom.